The number of amides is 2. The Morgan fingerprint density at radius 3 is 2.32 bits per heavy atom. The molecular weight excluding hydrogens is 450 g/mol. The maximum Gasteiger partial charge on any atom is 0.306 e. The number of likely N-dealkylation sites (tertiary alicyclic amines) is 1. The first-order valence-electron chi connectivity index (χ1n) is 12.0. The van der Waals surface area contributed by atoms with E-state index in [1.807, 2.05) is 47.8 Å². The van der Waals surface area contributed by atoms with Crippen LogP contribution in [0.25, 0.3) is 0 Å². The highest BCUT2D eigenvalue weighted by molar-refractivity contribution is 7.09. The number of carboxylic acids is 1. The largest absolute Gasteiger partial charge is 0.481 e. The Bertz CT molecular complexity index is 979. The number of carbonyl (C=O) groups is 3. The molecule has 2 amide bonds. The second kappa shape index (κ2) is 10.7. The van der Waals surface area contributed by atoms with E-state index in [1.165, 1.54) is 0 Å². The summed E-state index contributed by atoms with van der Waals surface area (Å²) >= 11 is 1.60. The Hall–Kier alpha value is -2.71. The minimum atomic E-state index is -0.750. The molecule has 1 saturated carbocycles. The van der Waals surface area contributed by atoms with Crippen LogP contribution in [0.3, 0.4) is 0 Å². The number of hydrogen-bond acceptors (Lipinski definition) is 5. The number of piperidine rings is 1. The predicted octanol–water partition coefficient (Wildman–Crippen LogP) is 2.94. The Morgan fingerprint density at radius 1 is 1.06 bits per heavy atom. The number of nitrogens with two attached hydrogens (primary N) is 1. The van der Waals surface area contributed by atoms with E-state index >= 15 is 0 Å². The average Bonchev–Trinajstić information content (AvgIpc) is 3.37. The second-order valence-corrected chi connectivity index (χ2v) is 10.6. The molecule has 4 rings (SSSR count). The predicted molar refractivity (Wildman–Crippen MR) is 131 cm³/mol. The average molecular weight is 484 g/mol. The molecule has 1 atom stereocenters. The molecule has 1 aromatic heterocycles. The third-order valence-corrected chi connectivity index (χ3v) is 8.32. The van der Waals surface area contributed by atoms with Gasteiger partial charge < -0.3 is 21.1 Å². The molecule has 0 radical (unpaired) electrons. The fraction of sp³-hybridized carbons (Fsp3) is 0.500. The molecule has 1 aromatic carbocycles. The van der Waals surface area contributed by atoms with Crippen molar-refractivity contribution in [3.63, 3.8) is 0 Å². The van der Waals surface area contributed by atoms with Gasteiger partial charge in [0.15, 0.2) is 0 Å². The fourth-order valence-corrected chi connectivity index (χ4v) is 6.05. The van der Waals surface area contributed by atoms with Crippen LogP contribution in [0, 0.1) is 5.92 Å². The van der Waals surface area contributed by atoms with E-state index in [-0.39, 0.29) is 23.8 Å². The fourth-order valence-electron chi connectivity index (χ4n) is 5.29. The lowest BCUT2D eigenvalue weighted by Gasteiger charge is -2.42. The quantitative estimate of drug-likeness (QED) is 0.561. The van der Waals surface area contributed by atoms with Crippen LogP contribution in [0.2, 0.25) is 0 Å². The van der Waals surface area contributed by atoms with Crippen LogP contribution in [0.5, 0.6) is 0 Å². The minimum absolute atomic E-state index is 0.0115. The maximum absolute atomic E-state index is 13.7. The number of thiophene rings is 1. The molecule has 8 heteroatoms. The van der Waals surface area contributed by atoms with Crippen molar-refractivity contribution in [2.75, 3.05) is 13.1 Å². The summed E-state index contributed by atoms with van der Waals surface area (Å²) in [5.74, 6) is -1.15. The number of nitrogens with one attached hydrogen (secondary N) is 1. The van der Waals surface area contributed by atoms with Crippen molar-refractivity contribution < 1.29 is 19.5 Å². The molecule has 1 unspecified atom stereocenters. The number of carboxylic acid groups (broad SMARTS) is 1. The first kappa shape index (κ1) is 24.4. The Labute approximate surface area is 204 Å². The van der Waals surface area contributed by atoms with E-state index in [4.69, 9.17) is 5.73 Å². The Kier molecular flexibility index (Phi) is 7.68. The SMILES string of the molecule is NC(Cc1cccs1)C(=O)N1CCC(C(=O)NC2CCC(C(=O)O)CC2)(c2ccccc2)CC1. The number of nitrogens with zero attached hydrogens (tertiary/aromatic N) is 1. The summed E-state index contributed by atoms with van der Waals surface area (Å²) in [7, 11) is 0. The minimum Gasteiger partial charge on any atom is -0.481 e. The van der Waals surface area contributed by atoms with Crippen molar-refractivity contribution in [2.24, 2.45) is 11.7 Å². The van der Waals surface area contributed by atoms with E-state index in [9.17, 15) is 19.5 Å². The van der Waals surface area contributed by atoms with Crippen molar-refractivity contribution in [3.05, 3.63) is 58.3 Å². The molecular formula is C26H33N3O4S. The van der Waals surface area contributed by atoms with Gasteiger partial charge in [0.2, 0.25) is 11.8 Å². The monoisotopic (exact) mass is 483 g/mol. The van der Waals surface area contributed by atoms with E-state index in [2.05, 4.69) is 5.32 Å². The Balaban J connectivity index is 1.43. The zero-order valence-corrected chi connectivity index (χ0v) is 20.1. The van der Waals surface area contributed by atoms with Gasteiger partial charge in [0, 0.05) is 30.4 Å². The molecule has 1 saturated heterocycles. The van der Waals surface area contributed by atoms with E-state index < -0.39 is 17.4 Å². The molecule has 182 valence electrons. The summed E-state index contributed by atoms with van der Waals surface area (Å²) in [6, 6.07) is 13.1. The molecule has 4 N–H and O–H groups in total. The summed E-state index contributed by atoms with van der Waals surface area (Å²) < 4.78 is 0. The lowest BCUT2D eigenvalue weighted by atomic mass is 9.71. The van der Waals surface area contributed by atoms with Gasteiger partial charge in [-0.2, -0.15) is 0 Å². The first-order chi connectivity index (χ1) is 16.4. The van der Waals surface area contributed by atoms with Gasteiger partial charge in [-0.1, -0.05) is 36.4 Å². The third-order valence-electron chi connectivity index (χ3n) is 7.42. The van der Waals surface area contributed by atoms with E-state index in [0.717, 1.165) is 10.4 Å². The normalized spacial score (nSPS) is 23.1. The number of hydrogen-bond donors (Lipinski definition) is 3. The Morgan fingerprint density at radius 2 is 1.74 bits per heavy atom. The highest BCUT2D eigenvalue weighted by atomic mass is 32.1. The highest BCUT2D eigenvalue weighted by Gasteiger charge is 2.45. The summed E-state index contributed by atoms with van der Waals surface area (Å²) in [5, 5.41) is 14.5. The topological polar surface area (TPSA) is 113 Å². The van der Waals surface area contributed by atoms with Gasteiger partial charge in [0.1, 0.15) is 0 Å². The standard InChI is InChI=1S/C26H33N3O4S/c27-22(17-21-7-4-16-34-21)23(30)29-14-12-26(13-15-29,19-5-2-1-3-6-19)25(33)28-20-10-8-18(9-11-20)24(31)32/h1-7,16,18,20,22H,8-15,17,27H2,(H,28,33)(H,31,32). The maximum atomic E-state index is 13.7. The smallest absolute Gasteiger partial charge is 0.306 e. The number of benzene rings is 1. The van der Waals surface area contributed by atoms with Crippen LogP contribution in [0.4, 0.5) is 0 Å². The van der Waals surface area contributed by atoms with Gasteiger partial charge >= 0.3 is 5.97 Å². The lowest BCUT2D eigenvalue weighted by molar-refractivity contribution is -0.143. The highest BCUT2D eigenvalue weighted by Crippen LogP contribution is 2.37. The summed E-state index contributed by atoms with van der Waals surface area (Å²) in [5.41, 5.74) is 6.48. The van der Waals surface area contributed by atoms with Crippen LogP contribution in [0.1, 0.15) is 49.0 Å². The van der Waals surface area contributed by atoms with Gasteiger partial charge in [-0.15, -0.1) is 11.3 Å². The number of rotatable bonds is 7. The van der Waals surface area contributed by atoms with E-state index in [1.54, 1.807) is 16.2 Å². The van der Waals surface area contributed by atoms with Gasteiger partial charge in [-0.3, -0.25) is 14.4 Å². The van der Waals surface area contributed by atoms with Crippen molar-refractivity contribution in [1.29, 1.82) is 0 Å². The number of carbonyl (C=O) groups excluding carboxylic acids is 2. The molecule has 2 heterocycles. The molecule has 0 bridgehead atoms. The lowest BCUT2D eigenvalue weighted by Crippen LogP contribution is -2.56. The van der Waals surface area contributed by atoms with Crippen molar-refractivity contribution in [2.45, 2.75) is 62.4 Å². The molecule has 2 aromatic rings. The zero-order valence-electron chi connectivity index (χ0n) is 19.3. The molecule has 0 spiro atoms. The molecule has 2 fully saturated rings. The van der Waals surface area contributed by atoms with Crippen molar-refractivity contribution in [1.82, 2.24) is 10.2 Å². The van der Waals surface area contributed by atoms with Crippen LogP contribution >= 0.6 is 11.3 Å². The van der Waals surface area contributed by atoms with Gasteiger partial charge in [0.05, 0.1) is 17.4 Å². The van der Waals surface area contributed by atoms with Crippen molar-refractivity contribution in [3.8, 4) is 0 Å². The van der Waals surface area contributed by atoms with Gasteiger partial charge in [-0.25, -0.2) is 0 Å². The molecule has 34 heavy (non-hydrogen) atoms. The summed E-state index contributed by atoms with van der Waals surface area (Å²) in [6.45, 7) is 0.954. The van der Waals surface area contributed by atoms with Crippen LogP contribution in [-0.4, -0.2) is 53.0 Å². The van der Waals surface area contributed by atoms with Gasteiger partial charge in [0.25, 0.3) is 0 Å². The van der Waals surface area contributed by atoms with Crippen LogP contribution < -0.4 is 11.1 Å². The summed E-state index contributed by atoms with van der Waals surface area (Å²) in [4.78, 5) is 40.8. The summed E-state index contributed by atoms with van der Waals surface area (Å²) in [6.07, 6.45) is 4.11. The molecule has 7 nitrogen and oxygen atoms in total. The van der Waals surface area contributed by atoms with E-state index in [0.29, 0.717) is 58.0 Å². The van der Waals surface area contributed by atoms with Crippen LogP contribution in [-0.2, 0) is 26.2 Å². The molecule has 2 aliphatic rings. The van der Waals surface area contributed by atoms with Gasteiger partial charge in [-0.05, 0) is 55.5 Å². The zero-order chi connectivity index (χ0) is 24.1. The molecule has 1 aliphatic heterocycles. The second-order valence-electron chi connectivity index (χ2n) is 9.52. The molecule has 1 aliphatic carbocycles. The third kappa shape index (κ3) is 5.33. The van der Waals surface area contributed by atoms with Crippen molar-refractivity contribution >= 4 is 29.1 Å². The van der Waals surface area contributed by atoms with Crippen LogP contribution in [0.15, 0.2) is 47.8 Å². The number of aliphatic carboxylic acids is 1. The first-order valence-corrected chi connectivity index (χ1v) is 12.9.